The Kier molecular flexibility index (Phi) is 5.46. The normalized spacial score (nSPS) is 11.7. The van der Waals surface area contributed by atoms with Gasteiger partial charge in [0.2, 0.25) is 5.91 Å². The van der Waals surface area contributed by atoms with Gasteiger partial charge in [0.05, 0.1) is 14.2 Å². The highest BCUT2D eigenvalue weighted by atomic mass is 16.5. The minimum Gasteiger partial charge on any atom is -0.493 e. The lowest BCUT2D eigenvalue weighted by molar-refractivity contribution is -0.117. The molecule has 0 fully saturated rings. The van der Waals surface area contributed by atoms with Crippen LogP contribution >= 0.6 is 0 Å². The Balaban J connectivity index is 2.07. The molecule has 1 aromatic carbocycles. The molecule has 23 heavy (non-hydrogen) atoms. The summed E-state index contributed by atoms with van der Waals surface area (Å²) in [7, 11) is 3.14. The van der Waals surface area contributed by atoms with E-state index in [2.05, 4.69) is 15.8 Å². The molecule has 1 aromatic heterocycles. The number of nitrogens with one attached hydrogen (secondary N) is 2. The van der Waals surface area contributed by atoms with E-state index in [4.69, 9.17) is 14.0 Å². The molecule has 7 heteroatoms. The monoisotopic (exact) mass is 319 g/mol. The number of carbonyl (C=O) groups excluding carboxylic acids is 1. The van der Waals surface area contributed by atoms with Gasteiger partial charge in [0.15, 0.2) is 17.3 Å². The largest absolute Gasteiger partial charge is 0.493 e. The lowest BCUT2D eigenvalue weighted by atomic mass is 10.2. The summed E-state index contributed by atoms with van der Waals surface area (Å²) >= 11 is 0. The summed E-state index contributed by atoms with van der Waals surface area (Å²) in [6.45, 7) is 3.69. The number of amides is 1. The molecule has 1 heterocycles. The molecular formula is C16H21N3O4. The zero-order valence-corrected chi connectivity index (χ0v) is 13.7. The molecule has 2 rings (SSSR count). The molecule has 0 unspecified atom stereocenters. The van der Waals surface area contributed by atoms with Crippen molar-refractivity contribution < 1.29 is 18.8 Å². The van der Waals surface area contributed by atoms with Crippen molar-refractivity contribution in [1.29, 1.82) is 0 Å². The van der Waals surface area contributed by atoms with Crippen molar-refractivity contribution in [1.82, 2.24) is 5.16 Å². The number of rotatable bonds is 7. The third-order valence-electron chi connectivity index (χ3n) is 3.33. The predicted molar refractivity (Wildman–Crippen MR) is 87.1 cm³/mol. The van der Waals surface area contributed by atoms with E-state index in [0.29, 0.717) is 29.5 Å². The maximum Gasteiger partial charge on any atom is 0.248 e. The summed E-state index contributed by atoms with van der Waals surface area (Å²) in [5.41, 5.74) is 0.765. The van der Waals surface area contributed by atoms with Crippen LogP contribution in [0, 0.1) is 6.92 Å². The lowest BCUT2D eigenvalue weighted by Crippen LogP contribution is -2.34. The van der Waals surface area contributed by atoms with Gasteiger partial charge in [-0.15, -0.1) is 0 Å². The molecule has 124 valence electrons. The summed E-state index contributed by atoms with van der Waals surface area (Å²) in [5, 5.41) is 9.66. The van der Waals surface area contributed by atoms with Crippen LogP contribution in [0.1, 0.15) is 19.1 Å². The third-order valence-corrected chi connectivity index (χ3v) is 3.33. The minimum atomic E-state index is -0.412. The van der Waals surface area contributed by atoms with Gasteiger partial charge in [-0.05, 0) is 25.5 Å². The Morgan fingerprint density at radius 1 is 1.26 bits per heavy atom. The topological polar surface area (TPSA) is 85.6 Å². The Bertz CT molecular complexity index is 669. The quantitative estimate of drug-likeness (QED) is 0.816. The molecule has 0 spiro atoms. The Labute approximate surface area is 134 Å². The number of hydrogen-bond acceptors (Lipinski definition) is 6. The van der Waals surface area contributed by atoms with Crippen molar-refractivity contribution in [3.63, 3.8) is 0 Å². The summed E-state index contributed by atoms with van der Waals surface area (Å²) in [4.78, 5) is 12.3. The fourth-order valence-electron chi connectivity index (χ4n) is 2.12. The van der Waals surface area contributed by atoms with Crippen LogP contribution in [0.5, 0.6) is 11.5 Å². The number of aromatic nitrogens is 1. The molecule has 0 aliphatic heterocycles. The van der Waals surface area contributed by atoms with E-state index in [0.717, 1.165) is 5.69 Å². The molecule has 0 bridgehead atoms. The van der Waals surface area contributed by atoms with Gasteiger partial charge in [-0.2, -0.15) is 0 Å². The Morgan fingerprint density at radius 3 is 2.57 bits per heavy atom. The van der Waals surface area contributed by atoms with E-state index < -0.39 is 6.04 Å². The average Bonchev–Trinajstić information content (AvgIpc) is 2.97. The highest BCUT2D eigenvalue weighted by molar-refractivity contribution is 5.95. The molecule has 0 saturated heterocycles. The van der Waals surface area contributed by atoms with Gasteiger partial charge in [0.1, 0.15) is 11.8 Å². The molecule has 2 aromatic rings. The standard InChI is InChI=1S/C16H21N3O4/c1-5-12(16(20)18-15-8-10(2)23-19-15)17-11-6-7-13(21-3)14(9-11)22-4/h6-9,12,17H,5H2,1-4H3,(H,18,19,20)/t12-/m0/s1. The number of anilines is 2. The number of aryl methyl sites for hydroxylation is 1. The van der Waals surface area contributed by atoms with Gasteiger partial charge in [-0.25, -0.2) is 0 Å². The smallest absolute Gasteiger partial charge is 0.248 e. The Morgan fingerprint density at radius 2 is 2.00 bits per heavy atom. The van der Waals surface area contributed by atoms with E-state index in [9.17, 15) is 4.79 Å². The number of nitrogens with zero attached hydrogens (tertiary/aromatic N) is 1. The summed E-state index contributed by atoms with van der Waals surface area (Å²) in [6, 6.07) is 6.66. The molecule has 1 amide bonds. The van der Waals surface area contributed by atoms with Crippen LogP contribution in [0.4, 0.5) is 11.5 Å². The zero-order valence-electron chi connectivity index (χ0n) is 13.7. The first kappa shape index (κ1) is 16.7. The third kappa shape index (κ3) is 4.15. The van der Waals surface area contributed by atoms with E-state index in [1.165, 1.54) is 0 Å². The highest BCUT2D eigenvalue weighted by Gasteiger charge is 2.18. The van der Waals surface area contributed by atoms with Crippen molar-refractivity contribution in [2.24, 2.45) is 0 Å². The van der Waals surface area contributed by atoms with Gasteiger partial charge < -0.3 is 24.6 Å². The van der Waals surface area contributed by atoms with Crippen LogP contribution < -0.4 is 20.1 Å². The van der Waals surface area contributed by atoms with Crippen LogP contribution in [0.25, 0.3) is 0 Å². The summed E-state index contributed by atoms with van der Waals surface area (Å²) < 4.78 is 15.4. The molecular weight excluding hydrogens is 298 g/mol. The molecule has 0 aliphatic carbocycles. The highest BCUT2D eigenvalue weighted by Crippen LogP contribution is 2.30. The molecule has 7 nitrogen and oxygen atoms in total. The van der Waals surface area contributed by atoms with Crippen LogP contribution in [-0.4, -0.2) is 31.3 Å². The van der Waals surface area contributed by atoms with Gasteiger partial charge in [-0.3, -0.25) is 4.79 Å². The van der Waals surface area contributed by atoms with Crippen molar-refractivity contribution in [3.8, 4) is 11.5 Å². The van der Waals surface area contributed by atoms with Gasteiger partial charge >= 0.3 is 0 Å². The number of ether oxygens (including phenoxy) is 2. The zero-order chi connectivity index (χ0) is 16.8. The first-order chi connectivity index (χ1) is 11.1. The summed E-state index contributed by atoms with van der Waals surface area (Å²) in [5.74, 6) is 2.09. The second-order valence-corrected chi connectivity index (χ2v) is 4.99. The second kappa shape index (κ2) is 7.53. The van der Waals surface area contributed by atoms with Crippen molar-refractivity contribution in [2.75, 3.05) is 24.9 Å². The van der Waals surface area contributed by atoms with Crippen LogP contribution in [-0.2, 0) is 4.79 Å². The second-order valence-electron chi connectivity index (χ2n) is 4.99. The van der Waals surface area contributed by atoms with Crippen molar-refractivity contribution in [2.45, 2.75) is 26.3 Å². The van der Waals surface area contributed by atoms with Gasteiger partial charge in [-0.1, -0.05) is 12.1 Å². The Hall–Kier alpha value is -2.70. The molecule has 0 aliphatic rings. The average molecular weight is 319 g/mol. The predicted octanol–water partition coefficient (Wildman–Crippen LogP) is 2.83. The summed E-state index contributed by atoms with van der Waals surface area (Å²) in [6.07, 6.45) is 0.608. The maximum atomic E-state index is 12.3. The number of methoxy groups -OCH3 is 2. The van der Waals surface area contributed by atoms with Crippen LogP contribution in [0.15, 0.2) is 28.8 Å². The minimum absolute atomic E-state index is 0.185. The lowest BCUT2D eigenvalue weighted by Gasteiger charge is -2.18. The van der Waals surface area contributed by atoms with Crippen LogP contribution in [0.2, 0.25) is 0 Å². The molecule has 1 atom stereocenters. The van der Waals surface area contributed by atoms with E-state index >= 15 is 0 Å². The fourth-order valence-corrected chi connectivity index (χ4v) is 2.12. The molecule has 0 saturated carbocycles. The van der Waals surface area contributed by atoms with E-state index in [1.54, 1.807) is 39.3 Å². The first-order valence-electron chi connectivity index (χ1n) is 7.30. The molecule has 2 N–H and O–H groups in total. The number of hydrogen-bond donors (Lipinski definition) is 2. The van der Waals surface area contributed by atoms with Crippen molar-refractivity contribution >= 4 is 17.4 Å². The van der Waals surface area contributed by atoms with E-state index in [1.807, 2.05) is 13.0 Å². The van der Waals surface area contributed by atoms with Crippen molar-refractivity contribution in [3.05, 3.63) is 30.0 Å². The van der Waals surface area contributed by atoms with E-state index in [-0.39, 0.29) is 5.91 Å². The maximum absolute atomic E-state index is 12.3. The molecule has 0 radical (unpaired) electrons. The first-order valence-corrected chi connectivity index (χ1v) is 7.30. The number of carbonyl (C=O) groups is 1. The number of benzene rings is 1. The van der Waals surface area contributed by atoms with Gasteiger partial charge in [0, 0.05) is 17.8 Å². The fraction of sp³-hybridized carbons (Fsp3) is 0.375. The SMILES string of the molecule is CC[C@H](Nc1ccc(OC)c(OC)c1)C(=O)Nc1cc(C)on1. The van der Waals surface area contributed by atoms with Gasteiger partial charge in [0.25, 0.3) is 0 Å². The van der Waals surface area contributed by atoms with Crippen LogP contribution in [0.3, 0.4) is 0 Å².